The molecule has 1 amide bonds. The number of hydrogen-bond acceptors (Lipinski definition) is 4. The van der Waals surface area contributed by atoms with Gasteiger partial charge in [0.2, 0.25) is 0 Å². The van der Waals surface area contributed by atoms with Crippen LogP contribution in [0.25, 0.3) is 0 Å². The molecule has 180 valence electrons. The van der Waals surface area contributed by atoms with Gasteiger partial charge in [-0.1, -0.05) is 55.8 Å². The van der Waals surface area contributed by atoms with Crippen LogP contribution in [0.5, 0.6) is 0 Å². The van der Waals surface area contributed by atoms with Crippen LogP contribution < -0.4 is 5.32 Å². The Morgan fingerprint density at radius 3 is 2.53 bits per heavy atom. The van der Waals surface area contributed by atoms with Crippen molar-refractivity contribution >= 4 is 11.7 Å². The van der Waals surface area contributed by atoms with Crippen molar-refractivity contribution in [3.63, 3.8) is 0 Å². The number of fused-ring (bicyclic) bond motifs is 5. The lowest BCUT2D eigenvalue weighted by Gasteiger charge is -2.59. The molecule has 5 nitrogen and oxygen atoms in total. The average Bonchev–Trinajstić information content (AvgIpc) is 3.54. The van der Waals surface area contributed by atoms with Crippen molar-refractivity contribution in [2.45, 2.75) is 76.0 Å². The number of carbonyl (C=O) groups is 2. The molecule has 5 unspecified atom stereocenters. The Hall–Kier alpha value is -2.24. The van der Waals surface area contributed by atoms with Gasteiger partial charge in [-0.25, -0.2) is 0 Å². The summed E-state index contributed by atoms with van der Waals surface area (Å²) in [5, 5.41) is 26.8. The SMILES string of the molecule is CC12C=CC(=O)C=C1CCC1C2[C@@H](O)CC2(C)C1CC[C@]2(O)C(=O)NC1(c2ccccc2)CC1. The summed E-state index contributed by atoms with van der Waals surface area (Å²) >= 11 is 0. The highest BCUT2D eigenvalue weighted by atomic mass is 16.3. The van der Waals surface area contributed by atoms with E-state index in [-0.39, 0.29) is 40.4 Å². The zero-order chi connectivity index (χ0) is 23.9. The van der Waals surface area contributed by atoms with E-state index in [1.54, 1.807) is 12.2 Å². The number of ketones is 1. The molecule has 0 spiro atoms. The summed E-state index contributed by atoms with van der Waals surface area (Å²) in [7, 11) is 0. The quantitative estimate of drug-likeness (QED) is 0.639. The average molecular weight is 462 g/mol. The van der Waals surface area contributed by atoms with Crippen LogP contribution in [0.4, 0.5) is 0 Å². The van der Waals surface area contributed by atoms with Gasteiger partial charge in [-0.2, -0.15) is 0 Å². The molecule has 0 saturated heterocycles. The van der Waals surface area contributed by atoms with Crippen molar-refractivity contribution in [3.05, 3.63) is 59.7 Å². The summed E-state index contributed by atoms with van der Waals surface area (Å²) in [4.78, 5) is 25.8. The van der Waals surface area contributed by atoms with Crippen LogP contribution in [0.1, 0.15) is 64.4 Å². The molecule has 0 aliphatic heterocycles. The summed E-state index contributed by atoms with van der Waals surface area (Å²) in [6.45, 7) is 4.18. The van der Waals surface area contributed by atoms with E-state index in [2.05, 4.69) is 12.2 Å². The fraction of sp³-hybridized carbons (Fsp3) is 0.586. The minimum absolute atomic E-state index is 0.000528. The Labute approximate surface area is 201 Å². The lowest BCUT2D eigenvalue weighted by atomic mass is 9.46. The molecule has 5 heteroatoms. The zero-order valence-electron chi connectivity index (χ0n) is 20.1. The molecule has 0 radical (unpaired) electrons. The second kappa shape index (κ2) is 7.14. The fourth-order valence-electron chi connectivity index (χ4n) is 8.39. The maximum Gasteiger partial charge on any atom is 0.253 e. The molecule has 1 aromatic rings. The fourth-order valence-corrected chi connectivity index (χ4v) is 8.39. The molecular weight excluding hydrogens is 426 g/mol. The standard InChI is InChI=1S/C29H35NO4/c1-26-12-10-20(31)16-19(26)8-9-21-22-11-13-29(34,27(22,2)17-23(32)24(21)26)25(33)30-28(14-15-28)18-6-4-3-5-7-18/h3-7,10,12,16,21-24,32,34H,8-9,11,13-15,17H2,1-2H3,(H,30,33)/t21?,22?,23-,24?,26?,27?,29-/m0/s1. The van der Waals surface area contributed by atoms with Gasteiger partial charge in [0.1, 0.15) is 5.60 Å². The van der Waals surface area contributed by atoms with E-state index >= 15 is 0 Å². The van der Waals surface area contributed by atoms with E-state index in [4.69, 9.17) is 0 Å². The molecule has 5 aliphatic rings. The van der Waals surface area contributed by atoms with Crippen LogP contribution in [0.3, 0.4) is 0 Å². The molecule has 5 aliphatic carbocycles. The largest absolute Gasteiger partial charge is 0.393 e. The Balaban J connectivity index is 1.30. The maximum atomic E-state index is 13.7. The van der Waals surface area contributed by atoms with Gasteiger partial charge in [-0.3, -0.25) is 9.59 Å². The van der Waals surface area contributed by atoms with E-state index < -0.39 is 17.1 Å². The summed E-state index contributed by atoms with van der Waals surface area (Å²) in [5.41, 5.74) is -0.691. The summed E-state index contributed by atoms with van der Waals surface area (Å²) < 4.78 is 0. The molecule has 34 heavy (non-hydrogen) atoms. The van der Waals surface area contributed by atoms with E-state index in [9.17, 15) is 19.8 Å². The van der Waals surface area contributed by atoms with Crippen molar-refractivity contribution in [1.82, 2.24) is 5.32 Å². The highest BCUT2D eigenvalue weighted by Gasteiger charge is 2.69. The van der Waals surface area contributed by atoms with Crippen LogP contribution in [0.2, 0.25) is 0 Å². The zero-order valence-corrected chi connectivity index (χ0v) is 20.1. The summed E-state index contributed by atoms with van der Waals surface area (Å²) in [6.07, 6.45) is 9.83. The van der Waals surface area contributed by atoms with Gasteiger partial charge in [0, 0.05) is 16.7 Å². The van der Waals surface area contributed by atoms with Crippen LogP contribution in [0, 0.1) is 28.6 Å². The number of allylic oxidation sites excluding steroid dienone is 4. The van der Waals surface area contributed by atoms with Gasteiger partial charge in [0.05, 0.1) is 11.6 Å². The van der Waals surface area contributed by atoms with Gasteiger partial charge >= 0.3 is 0 Å². The Morgan fingerprint density at radius 1 is 1.09 bits per heavy atom. The minimum Gasteiger partial charge on any atom is -0.393 e. The van der Waals surface area contributed by atoms with Crippen molar-refractivity contribution in [2.75, 3.05) is 0 Å². The third-order valence-electron chi connectivity index (χ3n) is 10.5. The number of aliphatic hydroxyl groups is 2. The maximum absolute atomic E-state index is 13.7. The smallest absolute Gasteiger partial charge is 0.253 e. The first-order valence-electron chi connectivity index (χ1n) is 12.9. The third kappa shape index (κ3) is 2.86. The van der Waals surface area contributed by atoms with E-state index in [0.717, 1.165) is 43.2 Å². The molecular formula is C29H35NO4. The predicted molar refractivity (Wildman–Crippen MR) is 128 cm³/mol. The van der Waals surface area contributed by atoms with Gasteiger partial charge < -0.3 is 15.5 Å². The van der Waals surface area contributed by atoms with Gasteiger partial charge in [0.15, 0.2) is 5.78 Å². The lowest BCUT2D eigenvalue weighted by molar-refractivity contribution is -0.179. The predicted octanol–water partition coefficient (Wildman–Crippen LogP) is 3.80. The third-order valence-corrected chi connectivity index (χ3v) is 10.5. The summed E-state index contributed by atoms with van der Waals surface area (Å²) in [6, 6.07) is 10.0. The van der Waals surface area contributed by atoms with Gasteiger partial charge in [0.25, 0.3) is 5.91 Å². The van der Waals surface area contributed by atoms with Crippen molar-refractivity contribution in [2.24, 2.45) is 28.6 Å². The second-order valence-corrected chi connectivity index (χ2v) is 12.0. The first-order valence-corrected chi connectivity index (χ1v) is 12.9. The molecule has 4 fully saturated rings. The number of hydrogen-bond donors (Lipinski definition) is 3. The normalized spacial score (nSPS) is 43.9. The van der Waals surface area contributed by atoms with E-state index in [1.165, 1.54) is 0 Å². The van der Waals surface area contributed by atoms with Crippen molar-refractivity contribution in [3.8, 4) is 0 Å². The molecule has 4 saturated carbocycles. The Morgan fingerprint density at radius 2 is 1.82 bits per heavy atom. The Kier molecular flexibility index (Phi) is 4.67. The van der Waals surface area contributed by atoms with Crippen LogP contribution in [-0.2, 0) is 15.1 Å². The molecule has 0 bridgehead atoms. The molecule has 1 aromatic carbocycles. The summed E-state index contributed by atoms with van der Waals surface area (Å²) in [5.74, 6) is 0.114. The molecule has 3 N–H and O–H groups in total. The van der Waals surface area contributed by atoms with E-state index in [0.29, 0.717) is 12.8 Å². The number of carbonyl (C=O) groups excluding carboxylic acids is 2. The van der Waals surface area contributed by atoms with Gasteiger partial charge in [-0.05, 0) is 74.5 Å². The second-order valence-electron chi connectivity index (χ2n) is 12.0. The van der Waals surface area contributed by atoms with Crippen molar-refractivity contribution in [1.29, 1.82) is 0 Å². The molecule has 0 heterocycles. The highest BCUT2D eigenvalue weighted by molar-refractivity contribution is 6.01. The van der Waals surface area contributed by atoms with Gasteiger partial charge in [-0.15, -0.1) is 0 Å². The molecule has 7 atom stereocenters. The number of rotatable bonds is 3. The minimum atomic E-state index is -1.50. The van der Waals surface area contributed by atoms with Crippen molar-refractivity contribution < 1.29 is 19.8 Å². The first kappa shape index (κ1) is 22.2. The first-order chi connectivity index (χ1) is 16.1. The number of benzene rings is 1. The Bertz CT molecular complexity index is 1100. The van der Waals surface area contributed by atoms with Crippen LogP contribution >= 0.6 is 0 Å². The number of nitrogens with one attached hydrogen (secondary N) is 1. The van der Waals surface area contributed by atoms with Crippen LogP contribution in [0.15, 0.2) is 54.1 Å². The highest BCUT2D eigenvalue weighted by Crippen LogP contribution is 2.67. The number of amides is 1. The van der Waals surface area contributed by atoms with Crippen LogP contribution in [-0.4, -0.2) is 33.6 Å². The molecule has 0 aromatic heterocycles. The van der Waals surface area contributed by atoms with E-state index in [1.807, 2.05) is 43.3 Å². The number of aliphatic hydroxyl groups excluding tert-OH is 1. The monoisotopic (exact) mass is 461 g/mol. The topological polar surface area (TPSA) is 86.6 Å². The molecule has 6 rings (SSSR count). The lowest BCUT2D eigenvalue weighted by Crippen LogP contribution is -2.63.